The van der Waals surface area contributed by atoms with Crippen LogP contribution in [0.3, 0.4) is 0 Å². The molecule has 1 nitrogen and oxygen atoms in total. The first kappa shape index (κ1) is 8.79. The van der Waals surface area contributed by atoms with E-state index >= 15 is 0 Å². The van der Waals surface area contributed by atoms with Crippen LogP contribution >= 0.6 is 0 Å². The quantitative estimate of drug-likeness (QED) is 0.523. The molecule has 0 radical (unpaired) electrons. The van der Waals surface area contributed by atoms with E-state index in [2.05, 4.69) is 24.9 Å². The molecule has 0 aromatic heterocycles. The SMILES string of the molecule is CC/C1=C/CCCN(C)CC1. The van der Waals surface area contributed by atoms with Gasteiger partial charge in [-0.05, 0) is 39.3 Å². The monoisotopic (exact) mass is 153 g/mol. The van der Waals surface area contributed by atoms with Gasteiger partial charge in [-0.2, -0.15) is 0 Å². The van der Waals surface area contributed by atoms with Crippen LogP contribution in [0.4, 0.5) is 0 Å². The molecule has 0 unspecified atom stereocenters. The maximum atomic E-state index is 2.44. The van der Waals surface area contributed by atoms with E-state index in [0.29, 0.717) is 0 Å². The third-order valence-corrected chi connectivity index (χ3v) is 2.45. The predicted octanol–water partition coefficient (Wildman–Crippen LogP) is 2.44. The van der Waals surface area contributed by atoms with Crippen molar-refractivity contribution in [1.82, 2.24) is 4.90 Å². The van der Waals surface area contributed by atoms with E-state index in [1.807, 2.05) is 0 Å². The maximum absolute atomic E-state index is 2.44. The van der Waals surface area contributed by atoms with Gasteiger partial charge in [0.1, 0.15) is 0 Å². The van der Waals surface area contributed by atoms with E-state index in [1.54, 1.807) is 5.57 Å². The Morgan fingerprint density at radius 2 is 2.27 bits per heavy atom. The molecule has 1 heterocycles. The Bertz CT molecular complexity index is 138. The largest absolute Gasteiger partial charge is 0.306 e. The fourth-order valence-corrected chi connectivity index (χ4v) is 1.54. The lowest BCUT2D eigenvalue weighted by Crippen LogP contribution is -2.22. The summed E-state index contributed by atoms with van der Waals surface area (Å²) in [5, 5.41) is 0. The van der Waals surface area contributed by atoms with Gasteiger partial charge in [-0.25, -0.2) is 0 Å². The highest BCUT2D eigenvalue weighted by atomic mass is 15.1. The molecule has 1 aliphatic rings. The molecule has 0 fully saturated rings. The summed E-state index contributed by atoms with van der Waals surface area (Å²) in [4.78, 5) is 2.43. The first-order valence-electron chi connectivity index (χ1n) is 4.69. The van der Waals surface area contributed by atoms with E-state index in [9.17, 15) is 0 Å². The Labute approximate surface area is 70.1 Å². The smallest absolute Gasteiger partial charge is 0.00155 e. The van der Waals surface area contributed by atoms with Crippen LogP contribution in [0.5, 0.6) is 0 Å². The summed E-state index contributed by atoms with van der Waals surface area (Å²) in [7, 11) is 2.22. The minimum absolute atomic E-state index is 1.24. The van der Waals surface area contributed by atoms with Crippen LogP contribution in [-0.4, -0.2) is 25.0 Å². The second kappa shape index (κ2) is 4.55. The minimum Gasteiger partial charge on any atom is -0.306 e. The maximum Gasteiger partial charge on any atom is 0.00155 e. The molecule has 0 N–H and O–H groups in total. The minimum atomic E-state index is 1.24. The fraction of sp³-hybridized carbons (Fsp3) is 0.800. The lowest BCUT2D eigenvalue weighted by atomic mass is 10.1. The van der Waals surface area contributed by atoms with E-state index in [0.717, 1.165) is 0 Å². The van der Waals surface area contributed by atoms with E-state index < -0.39 is 0 Å². The van der Waals surface area contributed by atoms with Gasteiger partial charge in [0.25, 0.3) is 0 Å². The molecule has 64 valence electrons. The van der Waals surface area contributed by atoms with Crippen molar-refractivity contribution in [3.63, 3.8) is 0 Å². The van der Waals surface area contributed by atoms with Gasteiger partial charge in [-0.3, -0.25) is 0 Å². The Morgan fingerprint density at radius 3 is 3.00 bits per heavy atom. The molecule has 0 aromatic carbocycles. The molecule has 0 spiro atoms. The van der Waals surface area contributed by atoms with Gasteiger partial charge in [0.15, 0.2) is 0 Å². The molecule has 0 saturated heterocycles. The highest BCUT2D eigenvalue weighted by Crippen LogP contribution is 2.12. The Hall–Kier alpha value is -0.300. The van der Waals surface area contributed by atoms with Crippen LogP contribution < -0.4 is 0 Å². The van der Waals surface area contributed by atoms with Crippen molar-refractivity contribution >= 4 is 0 Å². The Morgan fingerprint density at radius 1 is 1.45 bits per heavy atom. The topological polar surface area (TPSA) is 3.24 Å². The summed E-state index contributed by atoms with van der Waals surface area (Å²) in [6.45, 7) is 4.78. The first-order valence-corrected chi connectivity index (χ1v) is 4.69. The zero-order valence-corrected chi connectivity index (χ0v) is 7.77. The van der Waals surface area contributed by atoms with Gasteiger partial charge >= 0.3 is 0 Å². The summed E-state index contributed by atoms with van der Waals surface area (Å²) < 4.78 is 0. The third-order valence-electron chi connectivity index (χ3n) is 2.45. The highest BCUT2D eigenvalue weighted by molar-refractivity contribution is 5.02. The molecule has 0 aliphatic carbocycles. The first-order chi connectivity index (χ1) is 5.33. The molecule has 0 saturated carbocycles. The fourth-order valence-electron chi connectivity index (χ4n) is 1.54. The summed E-state index contributed by atoms with van der Waals surface area (Å²) in [5.74, 6) is 0. The second-order valence-electron chi connectivity index (χ2n) is 3.41. The molecule has 0 bridgehead atoms. The normalized spacial score (nSPS) is 26.9. The molecule has 11 heavy (non-hydrogen) atoms. The summed E-state index contributed by atoms with van der Waals surface area (Å²) in [6.07, 6.45) is 7.58. The van der Waals surface area contributed by atoms with E-state index in [4.69, 9.17) is 0 Å². The van der Waals surface area contributed by atoms with Crippen LogP contribution in [0.25, 0.3) is 0 Å². The number of rotatable bonds is 1. The van der Waals surface area contributed by atoms with Crippen LogP contribution in [0.2, 0.25) is 0 Å². The van der Waals surface area contributed by atoms with Crippen LogP contribution in [-0.2, 0) is 0 Å². The zero-order chi connectivity index (χ0) is 8.10. The lowest BCUT2D eigenvalue weighted by molar-refractivity contribution is 0.328. The average Bonchev–Trinajstić information content (AvgIpc) is 1.98. The van der Waals surface area contributed by atoms with E-state index in [1.165, 1.54) is 38.8 Å². The van der Waals surface area contributed by atoms with Gasteiger partial charge < -0.3 is 4.90 Å². The van der Waals surface area contributed by atoms with Gasteiger partial charge in [0.2, 0.25) is 0 Å². The number of hydrogen-bond acceptors (Lipinski definition) is 1. The van der Waals surface area contributed by atoms with Crippen molar-refractivity contribution in [3.8, 4) is 0 Å². The molecular formula is C10H19N. The van der Waals surface area contributed by atoms with Crippen molar-refractivity contribution in [2.75, 3.05) is 20.1 Å². The summed E-state index contributed by atoms with van der Waals surface area (Å²) in [6, 6.07) is 0. The van der Waals surface area contributed by atoms with Crippen molar-refractivity contribution in [1.29, 1.82) is 0 Å². The number of allylic oxidation sites excluding steroid dienone is 1. The zero-order valence-electron chi connectivity index (χ0n) is 7.77. The Balaban J connectivity index is 2.41. The lowest BCUT2D eigenvalue weighted by Gasteiger charge is -2.19. The van der Waals surface area contributed by atoms with Gasteiger partial charge in [0, 0.05) is 6.54 Å². The number of nitrogens with zero attached hydrogens (tertiary/aromatic N) is 1. The molecule has 0 amide bonds. The molecule has 1 rings (SSSR count). The van der Waals surface area contributed by atoms with Crippen molar-refractivity contribution in [2.45, 2.75) is 32.6 Å². The van der Waals surface area contributed by atoms with Crippen LogP contribution in [0, 0.1) is 0 Å². The van der Waals surface area contributed by atoms with Crippen molar-refractivity contribution < 1.29 is 0 Å². The van der Waals surface area contributed by atoms with Gasteiger partial charge in [-0.1, -0.05) is 18.6 Å². The molecule has 0 atom stereocenters. The molecule has 0 aromatic rings. The number of hydrogen-bond donors (Lipinski definition) is 0. The Kier molecular flexibility index (Phi) is 3.64. The van der Waals surface area contributed by atoms with Crippen molar-refractivity contribution in [2.24, 2.45) is 0 Å². The average molecular weight is 153 g/mol. The van der Waals surface area contributed by atoms with Crippen LogP contribution in [0.15, 0.2) is 11.6 Å². The summed E-state index contributed by atoms with van der Waals surface area (Å²) in [5.41, 5.74) is 1.65. The highest BCUT2D eigenvalue weighted by Gasteiger charge is 2.03. The van der Waals surface area contributed by atoms with Gasteiger partial charge in [0.05, 0.1) is 0 Å². The second-order valence-corrected chi connectivity index (χ2v) is 3.41. The van der Waals surface area contributed by atoms with Gasteiger partial charge in [-0.15, -0.1) is 0 Å². The van der Waals surface area contributed by atoms with Crippen molar-refractivity contribution in [3.05, 3.63) is 11.6 Å². The molecule has 1 heteroatoms. The van der Waals surface area contributed by atoms with Crippen LogP contribution in [0.1, 0.15) is 32.6 Å². The molecule has 1 aliphatic heterocycles. The standard InChI is InChI=1S/C10H19N/c1-3-10-6-4-5-8-11(2)9-7-10/h6H,3-5,7-9H2,1-2H3/b10-6-. The predicted molar refractivity (Wildman–Crippen MR) is 49.7 cm³/mol. The third kappa shape index (κ3) is 3.06. The summed E-state index contributed by atoms with van der Waals surface area (Å²) >= 11 is 0. The molecular weight excluding hydrogens is 134 g/mol. The van der Waals surface area contributed by atoms with E-state index in [-0.39, 0.29) is 0 Å².